The third-order valence-corrected chi connectivity index (χ3v) is 6.22. The second-order valence-electron chi connectivity index (χ2n) is 8.12. The summed E-state index contributed by atoms with van der Waals surface area (Å²) in [4.78, 5) is 4.83. The first-order chi connectivity index (χ1) is 9.77. The largest absolute Gasteiger partial charge is 0.329 e. The summed E-state index contributed by atoms with van der Waals surface area (Å²) in [5.41, 5.74) is 6.95. The van der Waals surface area contributed by atoms with Gasteiger partial charge in [0, 0.05) is 12.1 Å². The summed E-state index contributed by atoms with van der Waals surface area (Å²) in [7, 11) is 6.58. The molecule has 3 nitrogen and oxygen atoms in total. The lowest BCUT2D eigenvalue weighted by Crippen LogP contribution is -2.55. The molecule has 0 radical (unpaired) electrons. The Morgan fingerprint density at radius 3 is 2.10 bits per heavy atom. The molecule has 0 aromatic carbocycles. The molecule has 126 valence electrons. The summed E-state index contributed by atoms with van der Waals surface area (Å²) in [5, 5.41) is 0. The monoisotopic (exact) mass is 297 g/mol. The van der Waals surface area contributed by atoms with Crippen LogP contribution in [0.4, 0.5) is 0 Å². The molecule has 1 saturated carbocycles. The van der Waals surface area contributed by atoms with E-state index >= 15 is 0 Å². The maximum atomic E-state index is 6.21. The van der Waals surface area contributed by atoms with Gasteiger partial charge in [-0.1, -0.05) is 27.2 Å². The molecule has 1 fully saturated rings. The first kappa shape index (κ1) is 18.9. The van der Waals surface area contributed by atoms with E-state index in [9.17, 15) is 0 Å². The molecule has 1 aliphatic carbocycles. The van der Waals surface area contributed by atoms with Crippen LogP contribution in [-0.2, 0) is 0 Å². The van der Waals surface area contributed by atoms with Gasteiger partial charge in [0.25, 0.3) is 0 Å². The maximum Gasteiger partial charge on any atom is 0.0328 e. The van der Waals surface area contributed by atoms with Crippen molar-refractivity contribution in [3.63, 3.8) is 0 Å². The summed E-state index contributed by atoms with van der Waals surface area (Å²) < 4.78 is 0. The zero-order valence-electron chi connectivity index (χ0n) is 15.4. The van der Waals surface area contributed by atoms with Gasteiger partial charge >= 0.3 is 0 Å². The van der Waals surface area contributed by atoms with E-state index < -0.39 is 0 Å². The molecule has 1 aliphatic rings. The molecule has 21 heavy (non-hydrogen) atoms. The van der Waals surface area contributed by atoms with Crippen LogP contribution in [0.15, 0.2) is 0 Å². The van der Waals surface area contributed by atoms with E-state index in [0.717, 1.165) is 25.6 Å². The molecular formula is C18H39N3. The average molecular weight is 298 g/mol. The van der Waals surface area contributed by atoms with Crippen LogP contribution in [0, 0.1) is 11.3 Å². The Labute approximate surface area is 133 Å². The Kier molecular flexibility index (Phi) is 7.15. The van der Waals surface area contributed by atoms with Crippen molar-refractivity contribution in [2.24, 2.45) is 17.1 Å². The number of rotatable bonds is 8. The lowest BCUT2D eigenvalue weighted by Gasteiger charge is -2.49. The van der Waals surface area contributed by atoms with Crippen molar-refractivity contribution in [1.29, 1.82) is 0 Å². The van der Waals surface area contributed by atoms with E-state index in [1.165, 1.54) is 38.5 Å². The predicted molar refractivity (Wildman–Crippen MR) is 93.6 cm³/mol. The van der Waals surface area contributed by atoms with Crippen LogP contribution in [0.2, 0.25) is 0 Å². The minimum absolute atomic E-state index is 0.257. The number of hydrogen-bond acceptors (Lipinski definition) is 3. The van der Waals surface area contributed by atoms with Crippen molar-refractivity contribution in [3.05, 3.63) is 0 Å². The van der Waals surface area contributed by atoms with Crippen molar-refractivity contribution in [3.8, 4) is 0 Å². The Hall–Kier alpha value is -0.120. The van der Waals surface area contributed by atoms with E-state index in [1.807, 2.05) is 0 Å². The van der Waals surface area contributed by atoms with Gasteiger partial charge in [0.2, 0.25) is 0 Å². The lowest BCUT2D eigenvalue weighted by atomic mass is 9.65. The fourth-order valence-corrected chi connectivity index (χ4v) is 3.83. The Morgan fingerprint density at radius 1 is 1.10 bits per heavy atom. The van der Waals surface area contributed by atoms with Crippen LogP contribution in [0.3, 0.4) is 0 Å². The molecule has 0 atom stereocenters. The molecule has 2 N–H and O–H groups in total. The lowest BCUT2D eigenvalue weighted by molar-refractivity contribution is 0.0308. The second kappa shape index (κ2) is 7.94. The number of likely N-dealkylation sites (N-methyl/N-ethyl adjacent to an activating group) is 1. The molecule has 1 rings (SSSR count). The molecule has 0 unspecified atom stereocenters. The molecule has 0 aliphatic heterocycles. The molecule has 0 saturated heterocycles. The highest BCUT2D eigenvalue weighted by atomic mass is 15.2. The predicted octanol–water partition coefficient (Wildman–Crippen LogP) is 3.19. The minimum Gasteiger partial charge on any atom is -0.329 e. The third kappa shape index (κ3) is 4.94. The average Bonchev–Trinajstić information content (AvgIpc) is 2.46. The zero-order valence-corrected chi connectivity index (χ0v) is 15.4. The van der Waals surface area contributed by atoms with Crippen molar-refractivity contribution in [2.45, 2.75) is 64.8 Å². The molecular weight excluding hydrogens is 258 g/mol. The van der Waals surface area contributed by atoms with Crippen molar-refractivity contribution in [1.82, 2.24) is 9.80 Å². The van der Waals surface area contributed by atoms with E-state index in [4.69, 9.17) is 5.73 Å². The SMILES string of the molecule is CCC(C)(C)C1CCC(CN)(N(C)CCCN(C)C)CC1. The Balaban J connectivity index is 2.55. The fraction of sp³-hybridized carbons (Fsp3) is 1.00. The highest BCUT2D eigenvalue weighted by Gasteiger charge is 2.40. The van der Waals surface area contributed by atoms with Crippen LogP contribution in [0.1, 0.15) is 59.3 Å². The van der Waals surface area contributed by atoms with Gasteiger partial charge in [-0.15, -0.1) is 0 Å². The first-order valence-electron chi connectivity index (χ1n) is 8.83. The standard InChI is InChI=1S/C18H39N3/c1-7-17(2,3)16-9-11-18(15-19,12-10-16)21(6)14-8-13-20(4)5/h16H,7-15,19H2,1-6H3. The van der Waals surface area contributed by atoms with Crippen LogP contribution in [0.25, 0.3) is 0 Å². The molecule has 0 amide bonds. The van der Waals surface area contributed by atoms with Crippen LogP contribution >= 0.6 is 0 Å². The Bertz CT molecular complexity index is 291. The van der Waals surface area contributed by atoms with E-state index in [-0.39, 0.29) is 5.54 Å². The van der Waals surface area contributed by atoms with Gasteiger partial charge < -0.3 is 10.6 Å². The van der Waals surface area contributed by atoms with Crippen molar-refractivity contribution < 1.29 is 0 Å². The molecule has 3 heteroatoms. The summed E-state index contributed by atoms with van der Waals surface area (Å²) in [6.07, 6.45) is 7.75. The summed E-state index contributed by atoms with van der Waals surface area (Å²) in [5.74, 6) is 0.873. The van der Waals surface area contributed by atoms with E-state index in [1.54, 1.807) is 0 Å². The number of nitrogens with two attached hydrogens (primary N) is 1. The fourth-order valence-electron chi connectivity index (χ4n) is 3.83. The molecule has 0 aromatic heterocycles. The molecule has 0 heterocycles. The maximum absolute atomic E-state index is 6.21. The van der Waals surface area contributed by atoms with Crippen LogP contribution < -0.4 is 5.73 Å². The highest BCUT2D eigenvalue weighted by molar-refractivity contribution is 4.97. The molecule has 0 spiro atoms. The number of nitrogens with zero attached hydrogens (tertiary/aromatic N) is 2. The van der Waals surface area contributed by atoms with Gasteiger partial charge in [-0.05, 0) is 77.7 Å². The van der Waals surface area contributed by atoms with Gasteiger partial charge in [-0.2, -0.15) is 0 Å². The molecule has 0 bridgehead atoms. The normalized spacial score (nSPS) is 27.6. The minimum atomic E-state index is 0.257. The van der Waals surface area contributed by atoms with Gasteiger partial charge in [0.15, 0.2) is 0 Å². The first-order valence-corrected chi connectivity index (χ1v) is 8.83. The summed E-state index contributed by atoms with van der Waals surface area (Å²) in [6, 6.07) is 0. The topological polar surface area (TPSA) is 32.5 Å². The van der Waals surface area contributed by atoms with E-state index in [2.05, 4.69) is 51.7 Å². The van der Waals surface area contributed by atoms with Gasteiger partial charge in [-0.25, -0.2) is 0 Å². The number of hydrogen-bond donors (Lipinski definition) is 1. The third-order valence-electron chi connectivity index (χ3n) is 6.22. The van der Waals surface area contributed by atoms with Crippen LogP contribution in [0.5, 0.6) is 0 Å². The van der Waals surface area contributed by atoms with Crippen LogP contribution in [-0.4, -0.2) is 56.1 Å². The summed E-state index contributed by atoms with van der Waals surface area (Å²) in [6.45, 7) is 10.3. The molecule has 0 aromatic rings. The zero-order chi connectivity index (χ0) is 16.1. The van der Waals surface area contributed by atoms with Crippen molar-refractivity contribution in [2.75, 3.05) is 40.8 Å². The highest BCUT2D eigenvalue weighted by Crippen LogP contribution is 2.44. The van der Waals surface area contributed by atoms with Gasteiger partial charge in [-0.3, -0.25) is 4.90 Å². The summed E-state index contributed by atoms with van der Waals surface area (Å²) >= 11 is 0. The second-order valence-corrected chi connectivity index (χ2v) is 8.12. The Morgan fingerprint density at radius 2 is 1.67 bits per heavy atom. The van der Waals surface area contributed by atoms with E-state index in [0.29, 0.717) is 5.41 Å². The van der Waals surface area contributed by atoms with Crippen molar-refractivity contribution >= 4 is 0 Å². The van der Waals surface area contributed by atoms with Gasteiger partial charge in [0.05, 0.1) is 0 Å². The van der Waals surface area contributed by atoms with Gasteiger partial charge in [0.1, 0.15) is 0 Å². The smallest absolute Gasteiger partial charge is 0.0328 e. The quantitative estimate of drug-likeness (QED) is 0.747.